The molecule has 0 aromatic heterocycles. The lowest BCUT2D eigenvalue weighted by molar-refractivity contribution is -0.134. The van der Waals surface area contributed by atoms with Crippen LogP contribution in [0.25, 0.3) is 33.5 Å². The Kier molecular flexibility index (Phi) is 7.00. The summed E-state index contributed by atoms with van der Waals surface area (Å²) in [6.07, 6.45) is 6.05. The summed E-state index contributed by atoms with van der Waals surface area (Å²) in [5, 5.41) is 15.7. The van der Waals surface area contributed by atoms with Crippen molar-refractivity contribution in [2.75, 3.05) is 26.2 Å². The van der Waals surface area contributed by atoms with Crippen molar-refractivity contribution in [2.24, 2.45) is 5.92 Å². The Morgan fingerprint density at radius 2 is 1.72 bits per heavy atom. The molecule has 0 saturated carbocycles. The minimum atomic E-state index is -1.46. The number of ketones is 1. The standard InChI is InChI=1S/C32H37NO3/c1-22(2)31(34)32(35)20-23(3)30-25(21-32)19-29(27-9-5-6-10-28(27)30)24-11-13-26(14-12-24)36-18-17-33-15-7-4-8-16-33/h5-6,9-14,19,21-22,35H,4,7-8,15-18,20H2,1-3H3. The van der Waals surface area contributed by atoms with Crippen LogP contribution in [0, 0.1) is 5.92 Å². The van der Waals surface area contributed by atoms with Crippen molar-refractivity contribution in [1.82, 2.24) is 4.90 Å². The first-order valence-electron chi connectivity index (χ1n) is 13.3. The molecule has 1 aliphatic heterocycles. The van der Waals surface area contributed by atoms with Gasteiger partial charge in [0.05, 0.1) is 0 Å². The second-order valence-corrected chi connectivity index (χ2v) is 10.8. The Morgan fingerprint density at radius 3 is 2.42 bits per heavy atom. The van der Waals surface area contributed by atoms with Crippen molar-refractivity contribution in [2.45, 2.75) is 52.1 Å². The van der Waals surface area contributed by atoms with Crippen molar-refractivity contribution in [3.63, 3.8) is 0 Å². The van der Waals surface area contributed by atoms with E-state index in [2.05, 4.69) is 47.4 Å². The topological polar surface area (TPSA) is 49.8 Å². The van der Waals surface area contributed by atoms with Crippen LogP contribution in [0.5, 0.6) is 5.75 Å². The minimum absolute atomic E-state index is 0.131. The molecule has 1 fully saturated rings. The molecular formula is C32H37NO3. The summed E-state index contributed by atoms with van der Waals surface area (Å²) in [5.41, 5.74) is 1.77. The molecule has 0 amide bonds. The largest absolute Gasteiger partial charge is 0.492 e. The first kappa shape index (κ1) is 24.7. The van der Waals surface area contributed by atoms with Gasteiger partial charge >= 0.3 is 0 Å². The van der Waals surface area contributed by atoms with E-state index in [0.717, 1.165) is 44.8 Å². The molecule has 4 heteroatoms. The van der Waals surface area contributed by atoms with Gasteiger partial charge in [-0.15, -0.1) is 0 Å². The molecule has 1 heterocycles. The first-order chi connectivity index (χ1) is 17.4. The first-order valence-corrected chi connectivity index (χ1v) is 13.3. The van der Waals surface area contributed by atoms with Gasteiger partial charge < -0.3 is 9.84 Å². The summed E-state index contributed by atoms with van der Waals surface area (Å²) >= 11 is 0. The predicted molar refractivity (Wildman–Crippen MR) is 147 cm³/mol. The molecular weight excluding hydrogens is 446 g/mol. The molecule has 0 spiro atoms. The number of rotatable bonds is 7. The zero-order chi connectivity index (χ0) is 25.3. The third-order valence-electron chi connectivity index (χ3n) is 7.67. The van der Waals surface area contributed by atoms with Gasteiger partial charge in [0.25, 0.3) is 0 Å². The molecule has 3 aromatic rings. The fraction of sp³-hybridized carbons (Fsp3) is 0.406. The summed E-state index contributed by atoms with van der Waals surface area (Å²) in [4.78, 5) is 15.4. The van der Waals surface area contributed by atoms with Gasteiger partial charge in [0.15, 0.2) is 5.78 Å². The van der Waals surface area contributed by atoms with Crippen LogP contribution >= 0.6 is 0 Å². The average molecular weight is 484 g/mol. The van der Waals surface area contributed by atoms with Crippen LogP contribution in [0.4, 0.5) is 0 Å². The predicted octanol–water partition coefficient (Wildman–Crippen LogP) is 4.68. The summed E-state index contributed by atoms with van der Waals surface area (Å²) in [6.45, 7) is 9.77. The van der Waals surface area contributed by atoms with Crippen molar-refractivity contribution >= 4 is 28.2 Å². The molecule has 1 N–H and O–H groups in total. The number of fused-ring (bicyclic) bond motifs is 3. The van der Waals surface area contributed by atoms with Crippen LogP contribution in [0.1, 0.15) is 46.5 Å². The number of Topliss-reactive ketones (excluding diaryl/α,β-unsaturated/α-hetero) is 1. The number of likely N-dealkylation sites (tertiary alicyclic amines) is 1. The number of nitrogens with zero attached hydrogens (tertiary/aromatic N) is 1. The fourth-order valence-electron chi connectivity index (χ4n) is 5.89. The number of piperidine rings is 1. The summed E-state index contributed by atoms with van der Waals surface area (Å²) < 4.78 is 6.05. The van der Waals surface area contributed by atoms with E-state index >= 15 is 0 Å². The van der Waals surface area contributed by atoms with E-state index in [4.69, 9.17) is 4.74 Å². The highest BCUT2D eigenvalue weighted by molar-refractivity contribution is 6.01. The zero-order valence-corrected chi connectivity index (χ0v) is 21.7. The molecule has 2 aliphatic rings. The maximum absolute atomic E-state index is 12.9. The van der Waals surface area contributed by atoms with E-state index in [1.165, 1.54) is 37.7 Å². The van der Waals surface area contributed by atoms with Gasteiger partial charge in [-0.3, -0.25) is 9.69 Å². The number of carbonyl (C=O) groups is 1. The van der Waals surface area contributed by atoms with Crippen molar-refractivity contribution in [3.8, 4) is 16.9 Å². The van der Waals surface area contributed by atoms with Crippen LogP contribution in [-0.2, 0) is 4.79 Å². The molecule has 1 unspecified atom stereocenters. The van der Waals surface area contributed by atoms with E-state index in [9.17, 15) is 9.90 Å². The van der Waals surface area contributed by atoms with Crippen molar-refractivity contribution in [1.29, 1.82) is 0 Å². The lowest BCUT2D eigenvalue weighted by Gasteiger charge is -2.29. The Labute approximate surface area is 213 Å². The number of carbonyl (C=O) groups excluding carboxylic acids is 1. The molecule has 1 saturated heterocycles. The van der Waals surface area contributed by atoms with E-state index in [0.29, 0.717) is 13.0 Å². The van der Waals surface area contributed by atoms with Crippen LogP contribution in [0.3, 0.4) is 0 Å². The number of hydrogen-bond donors (Lipinski definition) is 1. The number of ether oxygens (including phenoxy) is 1. The summed E-state index contributed by atoms with van der Waals surface area (Å²) in [6, 6.07) is 18.8. The second kappa shape index (κ2) is 10.2. The molecule has 5 rings (SSSR count). The molecule has 36 heavy (non-hydrogen) atoms. The molecule has 0 bridgehead atoms. The van der Waals surface area contributed by atoms with Gasteiger partial charge in [-0.25, -0.2) is 0 Å². The third-order valence-corrected chi connectivity index (χ3v) is 7.67. The second-order valence-electron chi connectivity index (χ2n) is 10.8. The average Bonchev–Trinajstić information content (AvgIpc) is 2.88. The monoisotopic (exact) mass is 483 g/mol. The fourth-order valence-corrected chi connectivity index (χ4v) is 5.89. The maximum atomic E-state index is 12.9. The number of hydrogen-bond acceptors (Lipinski definition) is 4. The Hall–Kier alpha value is -2.95. The van der Waals surface area contributed by atoms with Crippen molar-refractivity contribution in [3.05, 3.63) is 65.0 Å². The van der Waals surface area contributed by atoms with Crippen LogP contribution in [-0.4, -0.2) is 47.6 Å². The number of benzene rings is 3. The van der Waals surface area contributed by atoms with Gasteiger partial charge in [-0.2, -0.15) is 0 Å². The molecule has 3 aromatic carbocycles. The van der Waals surface area contributed by atoms with E-state index < -0.39 is 5.60 Å². The zero-order valence-electron chi connectivity index (χ0n) is 21.7. The Bertz CT molecular complexity index is 1380. The van der Waals surface area contributed by atoms with E-state index in [1.807, 2.05) is 32.9 Å². The van der Waals surface area contributed by atoms with Gasteiger partial charge in [0, 0.05) is 18.9 Å². The lowest BCUT2D eigenvalue weighted by Crippen LogP contribution is -2.47. The number of aliphatic hydroxyl groups is 1. The van der Waals surface area contributed by atoms with E-state index in [-0.39, 0.29) is 11.7 Å². The summed E-state index contributed by atoms with van der Waals surface area (Å²) in [7, 11) is 0. The van der Waals surface area contributed by atoms with E-state index in [1.54, 1.807) is 6.08 Å². The van der Waals surface area contributed by atoms with Gasteiger partial charge in [0.2, 0.25) is 0 Å². The molecule has 1 aliphatic carbocycles. The Morgan fingerprint density at radius 1 is 1.03 bits per heavy atom. The SMILES string of the molecule is CC1=c2c(cc(-c3ccc(OCCN4CCCCC4)cc3)c3ccccc23)=CC(O)(C(=O)C(C)C)C1. The normalized spacial score (nSPS) is 20.3. The van der Waals surface area contributed by atoms with Crippen molar-refractivity contribution < 1.29 is 14.6 Å². The smallest absolute Gasteiger partial charge is 0.171 e. The molecule has 188 valence electrons. The van der Waals surface area contributed by atoms with Gasteiger partial charge in [0.1, 0.15) is 18.0 Å². The Balaban J connectivity index is 1.49. The van der Waals surface area contributed by atoms with Gasteiger partial charge in [-0.05, 0) is 89.5 Å². The minimum Gasteiger partial charge on any atom is -0.492 e. The quantitative estimate of drug-likeness (QED) is 0.530. The van der Waals surface area contributed by atoms with Crippen LogP contribution in [0.15, 0.2) is 54.6 Å². The summed E-state index contributed by atoms with van der Waals surface area (Å²) in [5.74, 6) is 0.516. The third kappa shape index (κ3) is 4.85. The highest BCUT2D eigenvalue weighted by atomic mass is 16.5. The highest BCUT2D eigenvalue weighted by Gasteiger charge is 2.37. The highest BCUT2D eigenvalue weighted by Crippen LogP contribution is 2.30. The molecule has 0 radical (unpaired) electrons. The van der Waals surface area contributed by atoms with Gasteiger partial charge in [-0.1, -0.05) is 62.2 Å². The molecule has 4 nitrogen and oxygen atoms in total. The lowest BCUT2D eigenvalue weighted by atomic mass is 9.79. The maximum Gasteiger partial charge on any atom is 0.171 e. The van der Waals surface area contributed by atoms with Crippen LogP contribution < -0.4 is 15.2 Å². The molecule has 1 atom stereocenters. The van der Waals surface area contributed by atoms with Crippen LogP contribution in [0.2, 0.25) is 0 Å².